The Morgan fingerprint density at radius 2 is 1.56 bits per heavy atom. The number of hydrogen-bond acceptors (Lipinski definition) is 3. The third kappa shape index (κ3) is 3.23. The van der Waals surface area contributed by atoms with Crippen molar-refractivity contribution in [3.63, 3.8) is 0 Å². The van der Waals surface area contributed by atoms with Crippen LogP contribution in [0.4, 0.5) is 0 Å². The van der Waals surface area contributed by atoms with Gasteiger partial charge in [-0.3, -0.25) is 4.79 Å². The lowest BCUT2D eigenvalue weighted by atomic mass is 9.54. The van der Waals surface area contributed by atoms with Crippen LogP contribution in [0.15, 0.2) is 18.2 Å². The van der Waals surface area contributed by atoms with Crippen LogP contribution in [0, 0.1) is 23.7 Å². The first-order valence-corrected chi connectivity index (χ1v) is 9.88. The van der Waals surface area contributed by atoms with Crippen LogP contribution < -0.4 is 14.8 Å². The summed E-state index contributed by atoms with van der Waals surface area (Å²) in [7, 11) is 0. The highest BCUT2D eigenvalue weighted by Gasteiger charge is 2.48. The molecule has 1 aromatic carbocycles. The van der Waals surface area contributed by atoms with Crippen LogP contribution in [-0.4, -0.2) is 25.2 Å². The first-order valence-electron chi connectivity index (χ1n) is 9.88. The maximum atomic E-state index is 12.9. The van der Waals surface area contributed by atoms with E-state index in [4.69, 9.17) is 9.47 Å². The van der Waals surface area contributed by atoms with Crippen molar-refractivity contribution in [3.05, 3.63) is 23.8 Å². The quantitative estimate of drug-likeness (QED) is 0.848. The maximum absolute atomic E-state index is 12.9. The van der Waals surface area contributed by atoms with Gasteiger partial charge in [-0.05, 0) is 87.8 Å². The molecule has 0 unspecified atom stereocenters. The van der Waals surface area contributed by atoms with Gasteiger partial charge in [-0.25, -0.2) is 0 Å². The maximum Gasteiger partial charge on any atom is 0.251 e. The molecule has 0 spiro atoms. The normalized spacial score (nSPS) is 32.5. The number of carbonyl (C=O) groups is 1. The zero-order chi connectivity index (χ0) is 17.4. The van der Waals surface area contributed by atoms with Gasteiger partial charge in [-0.15, -0.1) is 0 Å². The van der Waals surface area contributed by atoms with Crippen LogP contribution in [0.1, 0.15) is 56.3 Å². The van der Waals surface area contributed by atoms with E-state index in [1.165, 1.54) is 32.1 Å². The van der Waals surface area contributed by atoms with Gasteiger partial charge in [0.25, 0.3) is 5.91 Å². The first kappa shape index (κ1) is 16.7. The highest BCUT2D eigenvalue weighted by Crippen LogP contribution is 2.53. The molecule has 4 aliphatic carbocycles. The molecule has 4 fully saturated rings. The van der Waals surface area contributed by atoms with Gasteiger partial charge < -0.3 is 14.8 Å². The zero-order valence-electron chi connectivity index (χ0n) is 15.3. The third-order valence-corrected chi connectivity index (χ3v) is 6.33. The number of hydrogen-bond donors (Lipinski definition) is 1. The van der Waals surface area contributed by atoms with Crippen molar-refractivity contribution in [3.8, 4) is 11.5 Å². The van der Waals surface area contributed by atoms with Gasteiger partial charge >= 0.3 is 0 Å². The Balaban J connectivity index is 1.48. The number of benzene rings is 1. The number of ether oxygens (including phenoxy) is 2. The van der Waals surface area contributed by atoms with Crippen molar-refractivity contribution in [1.82, 2.24) is 5.32 Å². The van der Waals surface area contributed by atoms with Crippen molar-refractivity contribution in [2.45, 2.75) is 52.0 Å². The fraction of sp³-hybridized carbons (Fsp3) is 0.667. The molecular formula is C21H29NO3. The predicted octanol–water partition coefficient (Wildman–Crippen LogP) is 4.04. The SMILES string of the molecule is CCOc1ccc(C(=O)NC2C3CC4CC(C3)CC2C4)cc1OCC. The van der Waals surface area contributed by atoms with Gasteiger partial charge in [0.05, 0.1) is 13.2 Å². The van der Waals surface area contributed by atoms with E-state index in [1.807, 2.05) is 32.0 Å². The van der Waals surface area contributed by atoms with Crippen LogP contribution in [0.25, 0.3) is 0 Å². The van der Waals surface area contributed by atoms with Crippen molar-refractivity contribution >= 4 is 5.91 Å². The molecule has 4 bridgehead atoms. The summed E-state index contributed by atoms with van der Waals surface area (Å²) in [5.74, 6) is 4.61. The third-order valence-electron chi connectivity index (χ3n) is 6.33. The predicted molar refractivity (Wildman–Crippen MR) is 97.1 cm³/mol. The Morgan fingerprint density at radius 3 is 2.16 bits per heavy atom. The summed E-state index contributed by atoms with van der Waals surface area (Å²) in [5, 5.41) is 3.36. The second-order valence-electron chi connectivity index (χ2n) is 7.96. The molecule has 1 aromatic rings. The summed E-state index contributed by atoms with van der Waals surface area (Å²) < 4.78 is 11.3. The average Bonchev–Trinajstić information content (AvgIpc) is 2.59. The Labute approximate surface area is 150 Å². The summed E-state index contributed by atoms with van der Waals surface area (Å²) in [5.41, 5.74) is 0.667. The Hall–Kier alpha value is -1.71. The standard InChI is InChI=1S/C21H29NO3/c1-3-24-18-6-5-15(12-19(18)25-4-2)21(23)22-20-16-8-13-7-14(10-16)11-17(20)9-13/h5-6,12-14,16-17,20H,3-4,7-11H2,1-2H3,(H,22,23). The van der Waals surface area contributed by atoms with E-state index >= 15 is 0 Å². The van der Waals surface area contributed by atoms with Crippen LogP contribution in [0.5, 0.6) is 11.5 Å². The molecule has 0 atom stereocenters. The number of nitrogens with one attached hydrogen (secondary N) is 1. The van der Waals surface area contributed by atoms with Gasteiger partial charge in [-0.2, -0.15) is 0 Å². The average molecular weight is 343 g/mol. The molecule has 0 heterocycles. The van der Waals surface area contributed by atoms with E-state index in [2.05, 4.69) is 5.32 Å². The number of carbonyl (C=O) groups excluding carboxylic acids is 1. The molecule has 0 aromatic heterocycles. The first-order chi connectivity index (χ1) is 12.2. The van der Waals surface area contributed by atoms with Gasteiger partial charge in [0.1, 0.15) is 0 Å². The van der Waals surface area contributed by atoms with Crippen molar-refractivity contribution in [2.75, 3.05) is 13.2 Å². The largest absolute Gasteiger partial charge is 0.490 e. The van der Waals surface area contributed by atoms with Gasteiger partial charge in [0.2, 0.25) is 0 Å². The Morgan fingerprint density at radius 1 is 0.960 bits per heavy atom. The number of amides is 1. The molecule has 1 N–H and O–H groups in total. The second-order valence-corrected chi connectivity index (χ2v) is 7.96. The number of rotatable bonds is 6. The Bertz CT molecular complexity index is 614. The molecule has 1 amide bonds. The van der Waals surface area contributed by atoms with Crippen LogP contribution in [0.2, 0.25) is 0 Å². The highest BCUT2D eigenvalue weighted by molar-refractivity contribution is 5.95. The molecule has 4 nitrogen and oxygen atoms in total. The summed E-state index contributed by atoms with van der Waals surface area (Å²) in [6.45, 7) is 5.03. The lowest BCUT2D eigenvalue weighted by Crippen LogP contribution is -2.55. The Kier molecular flexibility index (Phi) is 4.61. The minimum absolute atomic E-state index is 0.0291. The van der Waals surface area contributed by atoms with E-state index in [-0.39, 0.29) is 5.91 Å². The van der Waals surface area contributed by atoms with E-state index < -0.39 is 0 Å². The molecular weight excluding hydrogens is 314 g/mol. The topological polar surface area (TPSA) is 47.6 Å². The van der Waals surface area contributed by atoms with E-state index in [0.29, 0.717) is 48.2 Å². The van der Waals surface area contributed by atoms with E-state index in [0.717, 1.165) is 11.8 Å². The molecule has 0 saturated heterocycles. The molecule has 4 saturated carbocycles. The smallest absolute Gasteiger partial charge is 0.251 e. The summed E-state index contributed by atoms with van der Waals surface area (Å²) in [6.07, 6.45) is 6.68. The monoisotopic (exact) mass is 343 g/mol. The fourth-order valence-corrected chi connectivity index (χ4v) is 5.59. The fourth-order valence-electron chi connectivity index (χ4n) is 5.59. The van der Waals surface area contributed by atoms with E-state index in [1.54, 1.807) is 0 Å². The molecule has 4 heteroatoms. The van der Waals surface area contributed by atoms with Crippen LogP contribution in [0.3, 0.4) is 0 Å². The van der Waals surface area contributed by atoms with E-state index in [9.17, 15) is 4.79 Å². The summed E-state index contributed by atoms with van der Waals surface area (Å²) >= 11 is 0. The van der Waals surface area contributed by atoms with Crippen molar-refractivity contribution in [2.24, 2.45) is 23.7 Å². The molecule has 0 aliphatic heterocycles. The van der Waals surface area contributed by atoms with Crippen LogP contribution >= 0.6 is 0 Å². The van der Waals surface area contributed by atoms with Crippen LogP contribution in [-0.2, 0) is 0 Å². The zero-order valence-corrected chi connectivity index (χ0v) is 15.3. The second kappa shape index (κ2) is 6.89. The molecule has 5 rings (SSSR count). The lowest BCUT2D eigenvalue weighted by molar-refractivity contribution is -0.0119. The molecule has 25 heavy (non-hydrogen) atoms. The van der Waals surface area contributed by atoms with Crippen molar-refractivity contribution in [1.29, 1.82) is 0 Å². The van der Waals surface area contributed by atoms with Crippen molar-refractivity contribution < 1.29 is 14.3 Å². The van der Waals surface area contributed by atoms with Gasteiger partial charge in [0.15, 0.2) is 11.5 Å². The lowest BCUT2D eigenvalue weighted by Gasteiger charge is -2.54. The molecule has 0 radical (unpaired) electrons. The highest BCUT2D eigenvalue weighted by atomic mass is 16.5. The molecule has 4 aliphatic rings. The summed E-state index contributed by atoms with van der Waals surface area (Å²) in [6, 6.07) is 5.88. The minimum Gasteiger partial charge on any atom is -0.490 e. The summed E-state index contributed by atoms with van der Waals surface area (Å²) in [4.78, 5) is 12.9. The molecule has 136 valence electrons. The van der Waals surface area contributed by atoms with Gasteiger partial charge in [-0.1, -0.05) is 0 Å². The van der Waals surface area contributed by atoms with Gasteiger partial charge in [0, 0.05) is 11.6 Å². The minimum atomic E-state index is 0.0291.